The lowest BCUT2D eigenvalue weighted by molar-refractivity contribution is -0.144. The van der Waals surface area contributed by atoms with Crippen LogP contribution in [0.25, 0.3) is 11.1 Å². The zero-order valence-corrected chi connectivity index (χ0v) is 19.1. The highest BCUT2D eigenvalue weighted by Crippen LogP contribution is 2.51. The Hall–Kier alpha value is -2.47. The van der Waals surface area contributed by atoms with Gasteiger partial charge in [0.25, 0.3) is 0 Å². The van der Waals surface area contributed by atoms with Crippen molar-refractivity contribution in [1.82, 2.24) is 4.90 Å². The van der Waals surface area contributed by atoms with Gasteiger partial charge in [0, 0.05) is 4.75 Å². The topological polar surface area (TPSA) is 66.8 Å². The van der Waals surface area contributed by atoms with Crippen molar-refractivity contribution in [3.8, 4) is 11.1 Å². The number of carboxylic acids is 1. The third-order valence-electron chi connectivity index (χ3n) is 5.47. The average Bonchev–Trinajstić information content (AvgIpc) is 2.86. The molecule has 0 saturated carbocycles. The van der Waals surface area contributed by atoms with Crippen LogP contribution in [0.1, 0.15) is 47.1 Å². The first kappa shape index (κ1) is 22.2. The number of thioether (sulfide) groups is 1. The van der Waals surface area contributed by atoms with E-state index in [1.165, 1.54) is 16.7 Å². The number of ether oxygens (including phenoxy) is 1. The Morgan fingerprint density at radius 1 is 0.967 bits per heavy atom. The molecule has 6 heteroatoms. The van der Waals surface area contributed by atoms with Gasteiger partial charge in [-0.25, -0.2) is 9.59 Å². The Morgan fingerprint density at radius 2 is 1.50 bits per heavy atom. The molecule has 1 fully saturated rings. The summed E-state index contributed by atoms with van der Waals surface area (Å²) in [5.41, 5.74) is 2.11. The van der Waals surface area contributed by atoms with Crippen LogP contribution in [0.2, 0.25) is 0 Å². The molecule has 2 aromatic rings. The monoisotopic (exact) mass is 427 g/mol. The quantitative estimate of drug-likeness (QED) is 0.674. The number of carbonyl (C=O) groups is 2. The van der Waals surface area contributed by atoms with Crippen LogP contribution in [0.15, 0.2) is 54.6 Å². The lowest BCUT2D eigenvalue weighted by Gasteiger charge is -2.36. The second kappa shape index (κ2) is 7.65. The first-order valence-electron chi connectivity index (χ1n) is 9.96. The van der Waals surface area contributed by atoms with Crippen molar-refractivity contribution >= 4 is 23.8 Å². The van der Waals surface area contributed by atoms with E-state index in [9.17, 15) is 14.7 Å². The summed E-state index contributed by atoms with van der Waals surface area (Å²) in [6, 6.07) is 17.0. The molecule has 0 bridgehead atoms. The van der Waals surface area contributed by atoms with Gasteiger partial charge in [0.2, 0.25) is 0 Å². The van der Waals surface area contributed by atoms with Crippen LogP contribution in [0.3, 0.4) is 0 Å². The molecule has 1 aliphatic heterocycles. The molecule has 3 rings (SSSR count). The fourth-order valence-electron chi connectivity index (χ4n) is 4.12. The first-order valence-corrected chi connectivity index (χ1v) is 10.8. The van der Waals surface area contributed by atoms with E-state index in [4.69, 9.17) is 4.74 Å². The van der Waals surface area contributed by atoms with Crippen LogP contribution in [0.4, 0.5) is 4.79 Å². The number of carbonyl (C=O) groups excluding carboxylic acids is 1. The Labute approximate surface area is 182 Å². The van der Waals surface area contributed by atoms with E-state index in [1.54, 1.807) is 0 Å². The van der Waals surface area contributed by atoms with Crippen molar-refractivity contribution in [3.05, 3.63) is 60.2 Å². The number of nitrogens with zero attached hydrogens (tertiary/aromatic N) is 1. The number of carboxylic acid groups (broad SMARTS) is 1. The number of amides is 1. The second-order valence-electron chi connectivity index (χ2n) is 9.08. The molecular weight excluding hydrogens is 398 g/mol. The van der Waals surface area contributed by atoms with Crippen molar-refractivity contribution in [2.45, 2.75) is 62.8 Å². The lowest BCUT2D eigenvalue weighted by Crippen LogP contribution is -2.54. The third-order valence-corrected chi connectivity index (χ3v) is 6.92. The molecule has 0 aliphatic carbocycles. The van der Waals surface area contributed by atoms with Gasteiger partial charge in [-0.1, -0.05) is 54.6 Å². The van der Waals surface area contributed by atoms with E-state index in [1.807, 2.05) is 96.1 Å². The Balaban J connectivity index is 1.84. The minimum Gasteiger partial charge on any atom is -0.480 e. The van der Waals surface area contributed by atoms with Crippen LogP contribution in [0.5, 0.6) is 0 Å². The van der Waals surface area contributed by atoms with E-state index in [-0.39, 0.29) is 0 Å². The predicted molar refractivity (Wildman–Crippen MR) is 120 cm³/mol. The standard InChI is InChI=1S/C24H29NO4S/c1-22(2,18-14-12-17(13-15-18)16-10-8-7-9-11-16)29-21(28)25-19(20(26)27)23(3,4)30-24(25,5)6/h7-15,19H,1-6H3,(H,26,27)/t19-/m0/s1. The molecule has 0 unspecified atom stereocenters. The van der Waals surface area contributed by atoms with Crippen molar-refractivity contribution in [1.29, 1.82) is 0 Å². The number of rotatable bonds is 4. The van der Waals surface area contributed by atoms with Crippen LogP contribution in [-0.4, -0.2) is 37.7 Å². The zero-order valence-electron chi connectivity index (χ0n) is 18.3. The third kappa shape index (κ3) is 4.19. The summed E-state index contributed by atoms with van der Waals surface area (Å²) < 4.78 is 5.24. The lowest BCUT2D eigenvalue weighted by atomic mass is 9.95. The maximum Gasteiger partial charge on any atom is 0.412 e. The fourth-order valence-corrected chi connectivity index (χ4v) is 6.01. The molecule has 1 N–H and O–H groups in total. The van der Waals surface area contributed by atoms with Gasteiger partial charge < -0.3 is 9.84 Å². The van der Waals surface area contributed by atoms with Crippen molar-refractivity contribution < 1.29 is 19.4 Å². The van der Waals surface area contributed by atoms with E-state index in [0.717, 1.165) is 16.7 Å². The smallest absolute Gasteiger partial charge is 0.412 e. The highest BCUT2D eigenvalue weighted by Gasteiger charge is 2.58. The normalized spacial score (nSPS) is 20.1. The minimum absolute atomic E-state index is 0.623. The fraction of sp³-hybridized carbons (Fsp3) is 0.417. The summed E-state index contributed by atoms with van der Waals surface area (Å²) in [5, 5.41) is 9.79. The molecule has 1 heterocycles. The number of hydrogen-bond donors (Lipinski definition) is 1. The Bertz CT molecular complexity index is 935. The number of benzene rings is 2. The molecule has 2 aromatic carbocycles. The van der Waals surface area contributed by atoms with Crippen LogP contribution >= 0.6 is 11.8 Å². The molecular formula is C24H29NO4S. The molecule has 1 saturated heterocycles. The second-order valence-corrected chi connectivity index (χ2v) is 11.3. The molecule has 30 heavy (non-hydrogen) atoms. The molecule has 1 amide bonds. The van der Waals surface area contributed by atoms with E-state index >= 15 is 0 Å². The largest absolute Gasteiger partial charge is 0.480 e. The first-order chi connectivity index (χ1) is 13.8. The van der Waals surface area contributed by atoms with Crippen molar-refractivity contribution in [3.63, 3.8) is 0 Å². The van der Waals surface area contributed by atoms with Crippen molar-refractivity contribution in [2.75, 3.05) is 0 Å². The SMILES string of the molecule is CC(C)(OC(=O)N1[C@@H](C(=O)O)C(C)(C)SC1(C)C)c1ccc(-c2ccccc2)cc1. The summed E-state index contributed by atoms with van der Waals surface area (Å²) in [6.45, 7) is 11.0. The number of aliphatic carboxylic acids is 1. The van der Waals surface area contributed by atoms with Gasteiger partial charge in [-0.2, -0.15) is 0 Å². The average molecular weight is 428 g/mol. The van der Waals surface area contributed by atoms with Gasteiger partial charge in [-0.3, -0.25) is 4.90 Å². The van der Waals surface area contributed by atoms with Crippen LogP contribution < -0.4 is 0 Å². The van der Waals surface area contributed by atoms with Gasteiger partial charge in [0.15, 0.2) is 0 Å². The van der Waals surface area contributed by atoms with E-state index in [2.05, 4.69) is 0 Å². The molecule has 0 spiro atoms. The zero-order chi connectivity index (χ0) is 22.3. The van der Waals surface area contributed by atoms with Gasteiger partial charge in [-0.15, -0.1) is 11.8 Å². The maximum atomic E-state index is 13.2. The molecule has 1 atom stereocenters. The number of hydrogen-bond acceptors (Lipinski definition) is 4. The highest BCUT2D eigenvalue weighted by molar-refractivity contribution is 8.02. The van der Waals surface area contributed by atoms with E-state index < -0.39 is 33.3 Å². The maximum absolute atomic E-state index is 13.2. The molecule has 0 aromatic heterocycles. The van der Waals surface area contributed by atoms with Gasteiger partial charge in [0.05, 0.1) is 4.87 Å². The summed E-state index contributed by atoms with van der Waals surface area (Å²) in [5.74, 6) is -1.03. The summed E-state index contributed by atoms with van der Waals surface area (Å²) in [7, 11) is 0. The summed E-state index contributed by atoms with van der Waals surface area (Å²) >= 11 is 1.46. The molecule has 5 nitrogen and oxygen atoms in total. The van der Waals surface area contributed by atoms with Gasteiger partial charge >= 0.3 is 12.1 Å². The predicted octanol–water partition coefficient (Wildman–Crippen LogP) is 5.74. The Morgan fingerprint density at radius 3 is 2.03 bits per heavy atom. The summed E-state index contributed by atoms with van der Waals surface area (Å²) in [4.78, 5) is 25.8. The molecule has 0 radical (unpaired) electrons. The molecule has 160 valence electrons. The highest BCUT2D eigenvalue weighted by atomic mass is 32.2. The van der Waals surface area contributed by atoms with Gasteiger partial charge in [0.1, 0.15) is 11.6 Å². The van der Waals surface area contributed by atoms with Crippen LogP contribution in [-0.2, 0) is 15.1 Å². The minimum atomic E-state index is -1.03. The van der Waals surface area contributed by atoms with E-state index in [0.29, 0.717) is 0 Å². The molecule has 1 aliphatic rings. The summed E-state index contributed by atoms with van der Waals surface area (Å²) in [6.07, 6.45) is -0.623. The van der Waals surface area contributed by atoms with Crippen molar-refractivity contribution in [2.24, 2.45) is 0 Å². The Kier molecular flexibility index (Phi) is 5.67. The van der Waals surface area contributed by atoms with Gasteiger partial charge in [-0.05, 0) is 58.2 Å². The van der Waals surface area contributed by atoms with Crippen LogP contribution in [0, 0.1) is 0 Å².